The predicted octanol–water partition coefficient (Wildman–Crippen LogP) is 1.84. The number of nitrogens with two attached hydrogens (primary N) is 1. The number of fused-ring (bicyclic) bond motifs is 1. The van der Waals surface area contributed by atoms with Crippen molar-refractivity contribution in [3.8, 4) is 5.75 Å². The molecule has 1 aromatic carbocycles. The van der Waals surface area contributed by atoms with Crippen LogP contribution < -0.4 is 21.1 Å². The van der Waals surface area contributed by atoms with Gasteiger partial charge in [0.2, 0.25) is 17.7 Å². The molecule has 198 valence electrons. The van der Waals surface area contributed by atoms with E-state index in [2.05, 4.69) is 15.6 Å². The molecule has 5 N–H and O–H groups in total. The van der Waals surface area contributed by atoms with Crippen molar-refractivity contribution >= 4 is 34.5 Å². The zero-order chi connectivity index (χ0) is 26.2. The molecule has 3 heterocycles. The lowest BCUT2D eigenvalue weighted by molar-refractivity contribution is -0.131. The van der Waals surface area contributed by atoms with Crippen molar-refractivity contribution in [2.45, 2.75) is 63.5 Å². The second-order valence-corrected chi connectivity index (χ2v) is 10.8. The number of carbonyl (C=O) groups excluding carboxylic acids is 4. The van der Waals surface area contributed by atoms with E-state index in [-0.39, 0.29) is 29.6 Å². The summed E-state index contributed by atoms with van der Waals surface area (Å²) in [5.74, 6) is -1.18. The number of nitrogens with one attached hydrogen (secondary N) is 3. The van der Waals surface area contributed by atoms with Crippen LogP contribution in [0.3, 0.4) is 0 Å². The van der Waals surface area contributed by atoms with E-state index in [0.29, 0.717) is 37.4 Å². The molecule has 0 bridgehead atoms. The first-order valence-corrected chi connectivity index (χ1v) is 13.1. The normalized spacial score (nSPS) is 23.7. The molecule has 1 aliphatic carbocycles. The summed E-state index contributed by atoms with van der Waals surface area (Å²) in [7, 11) is 1.58. The quantitative estimate of drug-likeness (QED) is 0.450. The van der Waals surface area contributed by atoms with Gasteiger partial charge in [0.15, 0.2) is 0 Å². The lowest BCUT2D eigenvalue weighted by Gasteiger charge is -2.32. The van der Waals surface area contributed by atoms with E-state index in [9.17, 15) is 19.2 Å². The molecule has 37 heavy (non-hydrogen) atoms. The van der Waals surface area contributed by atoms with E-state index in [4.69, 9.17) is 10.5 Å². The first kappa shape index (κ1) is 25.1. The molecule has 10 heteroatoms. The van der Waals surface area contributed by atoms with Gasteiger partial charge >= 0.3 is 0 Å². The van der Waals surface area contributed by atoms with Gasteiger partial charge in [-0.3, -0.25) is 19.2 Å². The third-order valence-corrected chi connectivity index (χ3v) is 8.40. The summed E-state index contributed by atoms with van der Waals surface area (Å²) >= 11 is 0. The Morgan fingerprint density at radius 2 is 2.03 bits per heavy atom. The molecular weight excluding hydrogens is 474 g/mol. The second kappa shape index (κ2) is 10.1. The molecule has 1 saturated carbocycles. The Morgan fingerprint density at radius 1 is 1.24 bits per heavy atom. The summed E-state index contributed by atoms with van der Waals surface area (Å²) in [6.07, 6.45) is 6.51. The number of nitrogens with zero attached hydrogens (tertiary/aromatic N) is 1. The highest BCUT2D eigenvalue weighted by Gasteiger charge is 2.49. The highest BCUT2D eigenvalue weighted by molar-refractivity contribution is 6.02. The highest BCUT2D eigenvalue weighted by atomic mass is 16.5. The van der Waals surface area contributed by atoms with Gasteiger partial charge in [-0.05, 0) is 55.7 Å². The Balaban J connectivity index is 1.40. The van der Waals surface area contributed by atoms with Crippen LogP contribution in [0.2, 0.25) is 0 Å². The van der Waals surface area contributed by atoms with Crippen LogP contribution >= 0.6 is 0 Å². The van der Waals surface area contributed by atoms with Crippen molar-refractivity contribution in [3.63, 3.8) is 0 Å². The third-order valence-electron chi connectivity index (χ3n) is 8.40. The van der Waals surface area contributed by atoms with Crippen LogP contribution in [0.15, 0.2) is 24.3 Å². The molecule has 3 fully saturated rings. The Bertz CT molecular complexity index is 1220. The molecule has 1 aromatic heterocycles. The number of ether oxygens (including phenoxy) is 1. The van der Waals surface area contributed by atoms with Crippen molar-refractivity contribution in [1.82, 2.24) is 20.5 Å². The number of aromatic amines is 1. The maximum Gasteiger partial charge on any atom is 0.271 e. The van der Waals surface area contributed by atoms with E-state index in [0.717, 1.165) is 43.0 Å². The summed E-state index contributed by atoms with van der Waals surface area (Å²) in [6.45, 7) is 1.04. The molecule has 3 aliphatic rings. The maximum atomic E-state index is 13.8. The SMILES string of the molecule is COc1cccc2[nH]c(C(=O)N3CC4(CCCCC4)CC3C(=O)NC(C[C@@H]3CCNC3=O)C(N)=O)cc12. The van der Waals surface area contributed by atoms with Gasteiger partial charge in [0, 0.05) is 29.9 Å². The van der Waals surface area contributed by atoms with E-state index in [1.54, 1.807) is 18.1 Å². The molecule has 2 aromatic rings. The van der Waals surface area contributed by atoms with E-state index in [1.807, 2.05) is 18.2 Å². The monoisotopic (exact) mass is 509 g/mol. The topological polar surface area (TPSA) is 147 Å². The van der Waals surface area contributed by atoms with Gasteiger partial charge in [-0.1, -0.05) is 25.3 Å². The number of amides is 4. The lowest BCUT2D eigenvalue weighted by atomic mass is 9.72. The number of H-pyrrole nitrogens is 1. The summed E-state index contributed by atoms with van der Waals surface area (Å²) in [5.41, 5.74) is 6.66. The minimum absolute atomic E-state index is 0.118. The molecule has 2 aliphatic heterocycles. The first-order valence-electron chi connectivity index (χ1n) is 13.1. The standard InChI is InChI=1S/C27H35N5O5/c1-37-22-7-5-6-18-17(22)13-20(30-18)26(36)32-15-27(9-3-2-4-10-27)14-21(32)25(35)31-19(23(28)33)12-16-8-11-29-24(16)34/h5-7,13,16,19,21,30H,2-4,8-12,14-15H2,1H3,(H2,28,33)(H,29,34)(H,31,35)/t16-,19?,21?/m0/s1. The van der Waals surface area contributed by atoms with Crippen molar-refractivity contribution in [3.05, 3.63) is 30.0 Å². The predicted molar refractivity (Wildman–Crippen MR) is 137 cm³/mol. The Hall–Kier alpha value is -3.56. The van der Waals surface area contributed by atoms with Crippen LogP contribution in [0.25, 0.3) is 10.9 Å². The van der Waals surface area contributed by atoms with Crippen LogP contribution in [-0.2, 0) is 14.4 Å². The van der Waals surface area contributed by atoms with Gasteiger partial charge in [-0.2, -0.15) is 0 Å². The maximum absolute atomic E-state index is 13.8. The van der Waals surface area contributed by atoms with Crippen molar-refractivity contribution < 1.29 is 23.9 Å². The number of carbonyl (C=O) groups is 4. The number of hydrogen-bond acceptors (Lipinski definition) is 5. The van der Waals surface area contributed by atoms with Gasteiger partial charge in [0.1, 0.15) is 23.5 Å². The molecule has 10 nitrogen and oxygen atoms in total. The van der Waals surface area contributed by atoms with E-state index in [1.165, 1.54) is 0 Å². The zero-order valence-corrected chi connectivity index (χ0v) is 21.2. The van der Waals surface area contributed by atoms with Crippen LogP contribution in [0.1, 0.15) is 61.9 Å². The highest BCUT2D eigenvalue weighted by Crippen LogP contribution is 2.47. The fourth-order valence-electron chi connectivity index (χ4n) is 6.41. The van der Waals surface area contributed by atoms with Gasteiger partial charge < -0.3 is 31.0 Å². The molecule has 2 saturated heterocycles. The lowest BCUT2D eigenvalue weighted by Crippen LogP contribution is -2.53. The first-order chi connectivity index (χ1) is 17.8. The van der Waals surface area contributed by atoms with Crippen LogP contribution in [-0.4, -0.2) is 65.8 Å². The van der Waals surface area contributed by atoms with Crippen LogP contribution in [0.5, 0.6) is 5.75 Å². The Labute approximate surface area is 215 Å². The Kier molecular flexibility index (Phi) is 6.83. The summed E-state index contributed by atoms with van der Waals surface area (Å²) in [4.78, 5) is 56.6. The minimum Gasteiger partial charge on any atom is -0.496 e. The average molecular weight is 510 g/mol. The average Bonchev–Trinajstić information content (AvgIpc) is 3.60. The van der Waals surface area contributed by atoms with Gasteiger partial charge in [0.05, 0.1) is 7.11 Å². The summed E-state index contributed by atoms with van der Waals surface area (Å²) in [6, 6.07) is 5.63. The molecule has 3 atom stereocenters. The number of rotatable bonds is 7. The number of benzene rings is 1. The van der Waals surface area contributed by atoms with Crippen molar-refractivity contribution in [2.24, 2.45) is 17.1 Å². The van der Waals surface area contributed by atoms with Crippen molar-refractivity contribution in [2.75, 3.05) is 20.2 Å². The fourth-order valence-corrected chi connectivity index (χ4v) is 6.41. The second-order valence-electron chi connectivity index (χ2n) is 10.8. The van der Waals surface area contributed by atoms with Crippen molar-refractivity contribution in [1.29, 1.82) is 0 Å². The molecular formula is C27H35N5O5. The Morgan fingerprint density at radius 3 is 2.70 bits per heavy atom. The van der Waals surface area contributed by atoms with E-state index >= 15 is 0 Å². The number of primary amides is 1. The van der Waals surface area contributed by atoms with E-state index < -0.39 is 23.9 Å². The summed E-state index contributed by atoms with van der Waals surface area (Å²) in [5, 5.41) is 6.34. The van der Waals surface area contributed by atoms with Gasteiger partial charge in [0.25, 0.3) is 5.91 Å². The number of likely N-dealkylation sites (tertiary alicyclic amines) is 1. The zero-order valence-electron chi connectivity index (χ0n) is 21.2. The molecule has 1 spiro atoms. The van der Waals surface area contributed by atoms with Gasteiger partial charge in [-0.15, -0.1) is 0 Å². The molecule has 4 amide bonds. The smallest absolute Gasteiger partial charge is 0.271 e. The molecule has 2 unspecified atom stereocenters. The largest absolute Gasteiger partial charge is 0.496 e. The number of hydrogen-bond donors (Lipinski definition) is 4. The summed E-state index contributed by atoms with van der Waals surface area (Å²) < 4.78 is 5.44. The molecule has 0 radical (unpaired) electrons. The number of aromatic nitrogens is 1. The number of methoxy groups -OCH3 is 1. The molecule has 5 rings (SSSR count). The van der Waals surface area contributed by atoms with Crippen LogP contribution in [0, 0.1) is 11.3 Å². The van der Waals surface area contributed by atoms with Gasteiger partial charge in [-0.25, -0.2) is 0 Å². The third kappa shape index (κ3) is 4.89. The fraction of sp³-hybridized carbons (Fsp3) is 0.556. The minimum atomic E-state index is -0.974. The van der Waals surface area contributed by atoms with Crippen LogP contribution in [0.4, 0.5) is 0 Å².